The largest absolute Gasteiger partial charge is 0.450 e. The van der Waals surface area contributed by atoms with Crippen molar-refractivity contribution in [3.63, 3.8) is 0 Å². The van der Waals surface area contributed by atoms with Gasteiger partial charge in [0, 0.05) is 13.0 Å². The van der Waals surface area contributed by atoms with Gasteiger partial charge in [0.1, 0.15) is 6.04 Å². The molecular formula is C19H27N3O3. The predicted molar refractivity (Wildman–Crippen MR) is 95.8 cm³/mol. The number of rotatable bonds is 11. The van der Waals surface area contributed by atoms with Crippen LogP contribution in [0.15, 0.2) is 30.3 Å². The highest BCUT2D eigenvalue weighted by atomic mass is 16.5. The zero-order chi connectivity index (χ0) is 18.3. The Balaban J connectivity index is 2.53. The van der Waals surface area contributed by atoms with Crippen LogP contribution < -0.4 is 10.6 Å². The van der Waals surface area contributed by atoms with E-state index in [9.17, 15) is 9.59 Å². The van der Waals surface area contributed by atoms with Gasteiger partial charge in [-0.25, -0.2) is 4.79 Å². The first kappa shape index (κ1) is 20.5. The van der Waals surface area contributed by atoms with Crippen LogP contribution in [0.1, 0.15) is 44.6 Å². The van der Waals surface area contributed by atoms with Crippen molar-refractivity contribution in [2.45, 2.75) is 51.5 Å². The van der Waals surface area contributed by atoms with E-state index >= 15 is 0 Å². The molecule has 0 aromatic heterocycles. The second-order valence-corrected chi connectivity index (χ2v) is 5.78. The molecule has 0 aliphatic carbocycles. The molecule has 0 bridgehead atoms. The van der Waals surface area contributed by atoms with Crippen molar-refractivity contribution in [2.24, 2.45) is 0 Å². The van der Waals surface area contributed by atoms with Crippen molar-refractivity contribution >= 4 is 12.0 Å². The number of ether oxygens (including phenoxy) is 1. The highest BCUT2D eigenvalue weighted by Gasteiger charge is 2.21. The molecule has 1 atom stereocenters. The second kappa shape index (κ2) is 12.8. The van der Waals surface area contributed by atoms with Crippen LogP contribution in [0.25, 0.3) is 0 Å². The summed E-state index contributed by atoms with van der Waals surface area (Å²) < 4.78 is 5.15. The summed E-state index contributed by atoms with van der Waals surface area (Å²) in [6.07, 6.45) is 4.07. The summed E-state index contributed by atoms with van der Waals surface area (Å²) in [6, 6.07) is 10.7. The molecule has 0 radical (unpaired) electrons. The van der Waals surface area contributed by atoms with Crippen molar-refractivity contribution in [1.29, 1.82) is 5.26 Å². The Hall–Kier alpha value is -2.55. The van der Waals surface area contributed by atoms with Gasteiger partial charge in [0.05, 0.1) is 19.1 Å². The van der Waals surface area contributed by atoms with Gasteiger partial charge in [-0.15, -0.1) is 0 Å². The lowest BCUT2D eigenvalue weighted by Crippen LogP contribution is -2.48. The zero-order valence-electron chi connectivity index (χ0n) is 14.8. The lowest BCUT2D eigenvalue weighted by atomic mass is 10.1. The number of carbonyl (C=O) groups is 2. The molecule has 0 fully saturated rings. The lowest BCUT2D eigenvalue weighted by molar-refractivity contribution is -0.123. The lowest BCUT2D eigenvalue weighted by Gasteiger charge is -2.18. The fourth-order valence-corrected chi connectivity index (χ4v) is 2.30. The summed E-state index contributed by atoms with van der Waals surface area (Å²) in [7, 11) is 0. The third kappa shape index (κ3) is 9.36. The van der Waals surface area contributed by atoms with E-state index in [0.717, 1.165) is 31.2 Å². The average molecular weight is 345 g/mol. The van der Waals surface area contributed by atoms with E-state index in [1.165, 1.54) is 0 Å². The van der Waals surface area contributed by atoms with Crippen molar-refractivity contribution in [1.82, 2.24) is 10.6 Å². The van der Waals surface area contributed by atoms with E-state index in [2.05, 4.69) is 17.6 Å². The van der Waals surface area contributed by atoms with Crippen LogP contribution >= 0.6 is 0 Å². The van der Waals surface area contributed by atoms with Crippen LogP contribution in [-0.4, -0.2) is 31.2 Å². The summed E-state index contributed by atoms with van der Waals surface area (Å²) in [5.74, 6) is -0.318. The number of nitriles is 1. The second-order valence-electron chi connectivity index (χ2n) is 5.78. The molecule has 2 amide bonds. The van der Waals surface area contributed by atoms with Crippen molar-refractivity contribution < 1.29 is 14.3 Å². The number of amides is 2. The molecule has 1 aromatic rings. The number of benzene rings is 1. The first-order valence-corrected chi connectivity index (χ1v) is 8.79. The van der Waals surface area contributed by atoms with Crippen molar-refractivity contribution in [3.05, 3.63) is 35.9 Å². The molecule has 0 saturated heterocycles. The fraction of sp³-hybridized carbons (Fsp3) is 0.526. The summed E-state index contributed by atoms with van der Waals surface area (Å²) in [6.45, 7) is 2.72. The van der Waals surface area contributed by atoms with Gasteiger partial charge in [0.15, 0.2) is 0 Å². The Bertz CT molecular complexity index is 555. The summed E-state index contributed by atoms with van der Waals surface area (Å²) in [5, 5.41) is 13.9. The minimum Gasteiger partial charge on any atom is -0.450 e. The topological polar surface area (TPSA) is 91.2 Å². The number of hydrogen-bond donors (Lipinski definition) is 2. The first-order valence-electron chi connectivity index (χ1n) is 8.79. The molecule has 136 valence electrons. The minimum absolute atomic E-state index is 0.228. The maximum Gasteiger partial charge on any atom is 0.407 e. The predicted octanol–water partition coefficient (Wildman–Crippen LogP) is 2.93. The van der Waals surface area contributed by atoms with E-state index in [0.29, 0.717) is 13.0 Å². The van der Waals surface area contributed by atoms with Crippen molar-refractivity contribution in [2.75, 3.05) is 13.2 Å². The Morgan fingerprint density at radius 3 is 2.64 bits per heavy atom. The van der Waals surface area contributed by atoms with E-state index in [-0.39, 0.29) is 18.9 Å². The molecule has 6 heteroatoms. The highest BCUT2D eigenvalue weighted by Crippen LogP contribution is 2.04. The first-order chi connectivity index (χ1) is 12.2. The Kier molecular flexibility index (Phi) is 10.5. The summed E-state index contributed by atoms with van der Waals surface area (Å²) in [4.78, 5) is 24.2. The SMILES string of the molecule is CCCCCCOC(=O)NC(Cc1ccccc1)C(=O)NCCC#N. The summed E-state index contributed by atoms with van der Waals surface area (Å²) >= 11 is 0. The molecule has 0 aliphatic heterocycles. The summed E-state index contributed by atoms with van der Waals surface area (Å²) in [5.41, 5.74) is 0.936. The molecule has 0 aliphatic rings. The zero-order valence-corrected chi connectivity index (χ0v) is 14.8. The van der Waals surface area contributed by atoms with Crippen LogP contribution in [0.5, 0.6) is 0 Å². The number of nitrogens with one attached hydrogen (secondary N) is 2. The fourth-order valence-electron chi connectivity index (χ4n) is 2.30. The monoisotopic (exact) mass is 345 g/mol. The smallest absolute Gasteiger partial charge is 0.407 e. The maximum atomic E-state index is 12.3. The standard InChI is InChI=1S/C19H27N3O3/c1-2-3-4-8-14-25-19(24)22-17(18(23)21-13-9-12-20)15-16-10-6-5-7-11-16/h5-7,10-11,17H,2-4,8-9,13-15H2,1H3,(H,21,23)(H,22,24). The van der Waals surface area contributed by atoms with Crippen molar-refractivity contribution in [3.8, 4) is 6.07 Å². The van der Waals surface area contributed by atoms with E-state index in [4.69, 9.17) is 10.00 Å². The quantitative estimate of drug-likeness (QED) is 0.603. The normalized spacial score (nSPS) is 11.2. The van der Waals surface area contributed by atoms with E-state index in [1.54, 1.807) is 0 Å². The molecule has 2 N–H and O–H groups in total. The number of unbranched alkanes of at least 4 members (excludes halogenated alkanes) is 3. The van der Waals surface area contributed by atoms with Gasteiger partial charge in [-0.05, 0) is 12.0 Å². The van der Waals surface area contributed by atoms with Gasteiger partial charge in [-0.3, -0.25) is 4.79 Å². The molecule has 1 aromatic carbocycles. The Morgan fingerprint density at radius 2 is 1.96 bits per heavy atom. The molecule has 1 unspecified atom stereocenters. The third-order valence-corrected chi connectivity index (χ3v) is 3.66. The van der Waals surface area contributed by atoms with E-state index in [1.807, 2.05) is 36.4 Å². The third-order valence-electron chi connectivity index (χ3n) is 3.66. The molecule has 0 saturated carbocycles. The Labute approximate surface area is 149 Å². The van der Waals surface area contributed by atoms with Gasteiger partial charge >= 0.3 is 6.09 Å². The minimum atomic E-state index is -0.732. The van der Waals surface area contributed by atoms with Gasteiger partial charge < -0.3 is 15.4 Å². The number of hydrogen-bond acceptors (Lipinski definition) is 4. The van der Waals surface area contributed by atoms with Crippen LogP contribution in [0.4, 0.5) is 4.79 Å². The molecule has 0 spiro atoms. The molecular weight excluding hydrogens is 318 g/mol. The maximum absolute atomic E-state index is 12.3. The van der Waals surface area contributed by atoms with Gasteiger partial charge in [0.2, 0.25) is 5.91 Å². The van der Waals surface area contributed by atoms with Crippen LogP contribution in [0.3, 0.4) is 0 Å². The van der Waals surface area contributed by atoms with Crippen LogP contribution in [0.2, 0.25) is 0 Å². The molecule has 1 rings (SSSR count). The van der Waals surface area contributed by atoms with Gasteiger partial charge in [0.25, 0.3) is 0 Å². The number of nitrogens with zero attached hydrogens (tertiary/aromatic N) is 1. The highest BCUT2D eigenvalue weighted by molar-refractivity contribution is 5.85. The molecule has 0 heterocycles. The molecule has 6 nitrogen and oxygen atoms in total. The Morgan fingerprint density at radius 1 is 1.20 bits per heavy atom. The molecule has 25 heavy (non-hydrogen) atoms. The van der Waals surface area contributed by atoms with Gasteiger partial charge in [-0.1, -0.05) is 56.5 Å². The van der Waals surface area contributed by atoms with E-state index < -0.39 is 12.1 Å². The van der Waals surface area contributed by atoms with Gasteiger partial charge in [-0.2, -0.15) is 5.26 Å². The van der Waals surface area contributed by atoms with Crippen LogP contribution in [-0.2, 0) is 16.0 Å². The number of alkyl carbamates (subject to hydrolysis) is 1. The number of carbonyl (C=O) groups excluding carboxylic acids is 2. The average Bonchev–Trinajstić information content (AvgIpc) is 2.62. The van der Waals surface area contributed by atoms with Crippen LogP contribution in [0, 0.1) is 11.3 Å².